The van der Waals surface area contributed by atoms with Crippen molar-refractivity contribution in [1.82, 2.24) is 14.8 Å². The minimum atomic E-state index is -1.10. The minimum Gasteiger partial charge on any atom is -0.480 e. The van der Waals surface area contributed by atoms with Crippen molar-refractivity contribution in [2.45, 2.75) is 26.0 Å². The second-order valence-corrected chi connectivity index (χ2v) is 2.81. The summed E-state index contributed by atoms with van der Waals surface area (Å²) in [5, 5.41) is 25.2. The quantitative estimate of drug-likeness (QED) is 0.668. The number of carbonyl (C=O) groups is 1. The molecule has 0 saturated heterocycles. The molecule has 1 heterocycles. The summed E-state index contributed by atoms with van der Waals surface area (Å²) in [5.41, 5.74) is 0. The predicted molar refractivity (Wildman–Crippen MR) is 43.1 cm³/mol. The second-order valence-electron chi connectivity index (χ2n) is 2.81. The van der Waals surface area contributed by atoms with Gasteiger partial charge in [0.15, 0.2) is 6.04 Å². The molecular formula is C7H11N3O3. The van der Waals surface area contributed by atoms with Gasteiger partial charge in [0.1, 0.15) is 12.2 Å². The van der Waals surface area contributed by atoms with Crippen LogP contribution >= 0.6 is 0 Å². The maximum Gasteiger partial charge on any atom is 0.329 e. The molecule has 0 aromatic carbocycles. The fourth-order valence-corrected chi connectivity index (χ4v) is 1.13. The average Bonchev–Trinajstić information content (AvgIpc) is 2.35. The van der Waals surface area contributed by atoms with Crippen LogP contribution in [-0.4, -0.2) is 37.1 Å². The Kier molecular flexibility index (Phi) is 2.62. The van der Waals surface area contributed by atoms with Crippen LogP contribution in [0.1, 0.15) is 18.8 Å². The van der Waals surface area contributed by atoms with E-state index in [9.17, 15) is 9.90 Å². The van der Waals surface area contributed by atoms with Crippen LogP contribution in [0.5, 0.6) is 0 Å². The first-order valence-electron chi connectivity index (χ1n) is 3.81. The summed E-state index contributed by atoms with van der Waals surface area (Å²) >= 11 is 0. The Labute approximate surface area is 74.8 Å². The Bertz CT molecular complexity index is 308. The summed E-state index contributed by atoms with van der Waals surface area (Å²) in [6.45, 7) is 3.05. The van der Waals surface area contributed by atoms with Gasteiger partial charge in [-0.2, -0.15) is 0 Å². The topological polar surface area (TPSA) is 88.2 Å². The van der Waals surface area contributed by atoms with E-state index in [-0.39, 0.29) is 0 Å². The summed E-state index contributed by atoms with van der Waals surface area (Å²) in [4.78, 5) is 10.8. The van der Waals surface area contributed by atoms with Gasteiger partial charge in [-0.25, -0.2) is 4.79 Å². The zero-order chi connectivity index (χ0) is 10.0. The molecule has 72 valence electrons. The number of nitrogens with zero attached hydrogens (tertiary/aromatic N) is 3. The van der Waals surface area contributed by atoms with Crippen molar-refractivity contribution in [3.8, 4) is 0 Å². The largest absolute Gasteiger partial charge is 0.480 e. The molecule has 0 radical (unpaired) electrons. The van der Waals surface area contributed by atoms with Crippen LogP contribution in [0, 0.1) is 6.92 Å². The molecule has 2 atom stereocenters. The van der Waals surface area contributed by atoms with Crippen molar-refractivity contribution in [3.63, 3.8) is 0 Å². The van der Waals surface area contributed by atoms with Crippen LogP contribution in [0.3, 0.4) is 0 Å². The Morgan fingerprint density at radius 1 is 1.69 bits per heavy atom. The average molecular weight is 185 g/mol. The van der Waals surface area contributed by atoms with Gasteiger partial charge in [0.05, 0.1) is 6.10 Å². The highest BCUT2D eigenvalue weighted by Crippen LogP contribution is 2.12. The number of aromatic nitrogens is 3. The van der Waals surface area contributed by atoms with Gasteiger partial charge in [-0.1, -0.05) is 0 Å². The molecule has 0 amide bonds. The lowest BCUT2D eigenvalue weighted by Gasteiger charge is -2.16. The van der Waals surface area contributed by atoms with E-state index in [0.29, 0.717) is 5.82 Å². The van der Waals surface area contributed by atoms with Crippen LogP contribution in [0.4, 0.5) is 0 Å². The van der Waals surface area contributed by atoms with Gasteiger partial charge in [-0.15, -0.1) is 10.2 Å². The van der Waals surface area contributed by atoms with E-state index in [0.717, 1.165) is 0 Å². The first-order chi connectivity index (χ1) is 6.04. The number of carboxylic acid groups (broad SMARTS) is 1. The number of aliphatic hydroxyl groups excluding tert-OH is 1. The molecular weight excluding hydrogens is 174 g/mol. The van der Waals surface area contributed by atoms with Gasteiger partial charge >= 0.3 is 5.97 Å². The summed E-state index contributed by atoms with van der Waals surface area (Å²) in [7, 11) is 0. The third-order valence-corrected chi connectivity index (χ3v) is 1.76. The fourth-order valence-electron chi connectivity index (χ4n) is 1.13. The normalized spacial score (nSPS) is 15.3. The Morgan fingerprint density at radius 3 is 2.62 bits per heavy atom. The van der Waals surface area contributed by atoms with Crippen molar-refractivity contribution >= 4 is 5.97 Å². The van der Waals surface area contributed by atoms with E-state index in [1.807, 2.05) is 0 Å². The molecule has 0 saturated carbocycles. The fraction of sp³-hybridized carbons (Fsp3) is 0.571. The SMILES string of the molecule is Cc1nncn1C(C(=O)O)C(C)O. The number of rotatable bonds is 3. The third kappa shape index (κ3) is 1.83. The van der Waals surface area contributed by atoms with Gasteiger partial charge in [-0.3, -0.25) is 0 Å². The van der Waals surface area contributed by atoms with Crippen molar-refractivity contribution < 1.29 is 15.0 Å². The second kappa shape index (κ2) is 3.53. The highest BCUT2D eigenvalue weighted by Gasteiger charge is 2.26. The maximum atomic E-state index is 10.8. The standard InChI is InChI=1S/C7H11N3O3/c1-4(11)6(7(12)13)10-3-8-9-5(10)2/h3-4,6,11H,1-2H3,(H,12,13). The minimum absolute atomic E-state index is 0.466. The number of aliphatic hydroxyl groups is 1. The zero-order valence-electron chi connectivity index (χ0n) is 7.38. The van der Waals surface area contributed by atoms with Gasteiger partial charge in [-0.05, 0) is 13.8 Å². The predicted octanol–water partition coefficient (Wildman–Crippen LogP) is -0.407. The van der Waals surface area contributed by atoms with E-state index in [2.05, 4.69) is 10.2 Å². The maximum absolute atomic E-state index is 10.8. The van der Waals surface area contributed by atoms with E-state index in [4.69, 9.17) is 5.11 Å². The summed E-state index contributed by atoms with van der Waals surface area (Å²) in [6.07, 6.45) is 0.313. The van der Waals surface area contributed by atoms with Crippen LogP contribution < -0.4 is 0 Å². The lowest BCUT2D eigenvalue weighted by Crippen LogP contribution is -2.29. The lowest BCUT2D eigenvalue weighted by molar-refractivity contribution is -0.144. The van der Waals surface area contributed by atoms with E-state index < -0.39 is 18.1 Å². The van der Waals surface area contributed by atoms with Gasteiger partial charge < -0.3 is 14.8 Å². The van der Waals surface area contributed by atoms with Crippen molar-refractivity contribution in [2.75, 3.05) is 0 Å². The Morgan fingerprint density at radius 2 is 2.31 bits per heavy atom. The van der Waals surface area contributed by atoms with Gasteiger partial charge in [0.25, 0.3) is 0 Å². The highest BCUT2D eigenvalue weighted by molar-refractivity contribution is 5.72. The van der Waals surface area contributed by atoms with Crippen LogP contribution in [0.25, 0.3) is 0 Å². The van der Waals surface area contributed by atoms with Crippen molar-refractivity contribution in [2.24, 2.45) is 0 Å². The number of hydrogen-bond acceptors (Lipinski definition) is 4. The first-order valence-corrected chi connectivity index (χ1v) is 3.81. The summed E-state index contributed by atoms with van der Waals surface area (Å²) < 4.78 is 1.33. The van der Waals surface area contributed by atoms with E-state index in [1.165, 1.54) is 17.8 Å². The number of aliphatic carboxylic acids is 1. The molecule has 1 aromatic rings. The molecule has 0 aliphatic rings. The molecule has 6 heteroatoms. The van der Waals surface area contributed by atoms with E-state index >= 15 is 0 Å². The molecule has 1 rings (SSSR count). The van der Waals surface area contributed by atoms with Crippen LogP contribution in [0.15, 0.2) is 6.33 Å². The van der Waals surface area contributed by atoms with Crippen LogP contribution in [0.2, 0.25) is 0 Å². The number of aryl methyl sites for hydroxylation is 1. The van der Waals surface area contributed by atoms with Gasteiger partial charge in [0, 0.05) is 0 Å². The monoisotopic (exact) mass is 185 g/mol. The van der Waals surface area contributed by atoms with E-state index in [1.54, 1.807) is 6.92 Å². The summed E-state index contributed by atoms with van der Waals surface area (Å²) in [6, 6.07) is -1.02. The van der Waals surface area contributed by atoms with Gasteiger partial charge in [0.2, 0.25) is 0 Å². The molecule has 0 bridgehead atoms. The first kappa shape index (κ1) is 9.66. The third-order valence-electron chi connectivity index (χ3n) is 1.76. The molecule has 2 unspecified atom stereocenters. The molecule has 0 aliphatic carbocycles. The van der Waals surface area contributed by atoms with Crippen molar-refractivity contribution in [1.29, 1.82) is 0 Å². The summed E-state index contributed by atoms with van der Waals surface area (Å²) in [5.74, 6) is -0.633. The molecule has 0 aliphatic heterocycles. The van der Waals surface area contributed by atoms with Crippen molar-refractivity contribution in [3.05, 3.63) is 12.2 Å². The smallest absolute Gasteiger partial charge is 0.329 e. The molecule has 1 aromatic heterocycles. The number of carboxylic acids is 1. The van der Waals surface area contributed by atoms with Crippen LogP contribution in [-0.2, 0) is 4.79 Å². The highest BCUT2D eigenvalue weighted by atomic mass is 16.4. The Balaban J connectivity index is 3.02. The molecule has 2 N–H and O–H groups in total. The zero-order valence-corrected chi connectivity index (χ0v) is 7.38. The molecule has 0 fully saturated rings. The number of hydrogen-bond donors (Lipinski definition) is 2. The molecule has 0 spiro atoms. The lowest BCUT2D eigenvalue weighted by atomic mass is 10.2. The Hall–Kier alpha value is -1.43. The molecule has 6 nitrogen and oxygen atoms in total. The molecule has 13 heavy (non-hydrogen) atoms.